The average molecular weight is 1550 g/mol. The van der Waals surface area contributed by atoms with Crippen molar-refractivity contribution in [3.05, 3.63) is 356 Å². The molecule has 0 saturated carbocycles. The van der Waals surface area contributed by atoms with Gasteiger partial charge in [0.15, 0.2) is 22.2 Å². The number of allylic oxidation sites excluding steroid dienone is 2. The predicted octanol–water partition coefficient (Wildman–Crippen LogP) is 19.3. The molecule has 2 aliphatic rings. The molecule has 0 amide bonds. The summed E-state index contributed by atoms with van der Waals surface area (Å²) in [6.45, 7) is 11.8. The Morgan fingerprint density at radius 2 is 0.793 bits per heavy atom. The van der Waals surface area contributed by atoms with Gasteiger partial charge < -0.3 is 38.2 Å². The highest BCUT2D eigenvalue weighted by Crippen LogP contribution is 2.42. The van der Waals surface area contributed by atoms with Gasteiger partial charge in [0.05, 0.1) is 90.1 Å². The van der Waals surface area contributed by atoms with Gasteiger partial charge in [0.2, 0.25) is 0 Å². The van der Waals surface area contributed by atoms with Crippen LogP contribution in [0.15, 0.2) is 291 Å². The van der Waals surface area contributed by atoms with Gasteiger partial charge in [-0.25, -0.2) is 39.9 Å². The van der Waals surface area contributed by atoms with Crippen molar-refractivity contribution in [1.29, 1.82) is 21.0 Å². The lowest BCUT2D eigenvalue weighted by Crippen LogP contribution is -2.06. The van der Waals surface area contributed by atoms with Crippen LogP contribution in [0.4, 0.5) is 11.6 Å². The highest BCUT2D eigenvalue weighted by Gasteiger charge is 2.24. The van der Waals surface area contributed by atoms with E-state index in [0.717, 1.165) is 135 Å². The molecule has 20 rings (SSSR count). The predicted molar refractivity (Wildman–Crippen MR) is 454 cm³/mol. The first kappa shape index (κ1) is 72.6. The Balaban J connectivity index is 0.000000111. The largest absolute Gasteiger partial charge is 0.346 e. The second-order valence-corrected chi connectivity index (χ2v) is 27.9. The van der Waals surface area contributed by atoms with Crippen molar-refractivity contribution in [3.63, 3.8) is 0 Å². The summed E-state index contributed by atoms with van der Waals surface area (Å²) in [6.07, 6.45) is 33.3. The van der Waals surface area contributed by atoms with Crippen molar-refractivity contribution in [1.82, 2.24) is 67.4 Å². The maximum Gasteiger partial charge on any atom is 0.191 e. The summed E-state index contributed by atoms with van der Waals surface area (Å²) in [4.78, 5) is 67.4. The van der Waals surface area contributed by atoms with Crippen LogP contribution >= 0.6 is 23.2 Å². The molecule has 24 heteroatoms. The molecule has 4 aromatic carbocycles. The fourth-order valence-electron chi connectivity index (χ4n) is 14.1. The Morgan fingerprint density at radius 3 is 1.28 bits per heavy atom. The molecule has 4 N–H and O–H groups in total. The lowest BCUT2D eigenvalue weighted by Gasteiger charge is -2.19. The van der Waals surface area contributed by atoms with Crippen LogP contribution in [0.2, 0.25) is 10.0 Å². The number of H-pyrrole nitrogens is 2. The standard InChI is InChI=1S/C24H17N5.C23H14ClN5.C23H15N5O.C22H12ClN5O/c1-15-6-7-17-12-21(19-8-9-22-26-10-11-29(22)14-19)23(28-24(17)27-15)20-5-3-4-18(13-25)16(20)2;1-14-5-6-17-10-19(18-11-20(24)23-26-7-8-29(23)13-18)21(28-22(17)27-14)16-4-2-3-15(9-16)12-25;1-14-15(12-24)3-2-4-17(14)22-18(11-19-20(29)7-8-26-23(19)27-22)16-5-6-21-25-9-10-28(21)13-16;23-18-9-15(12-28-7-6-26-22(18)28)16-10-17-19(29)4-5-25-21(17)27-20(16)14-3-1-2-13(8-14)11-24/h3-12,14H,1H2,2H3,(H,27,28);2-11,13H,1H2,(H,27,28);2-11,13H,1H3,(H,26,27,29);1-10,12H,(H,25,27,29). The number of halogens is 2. The summed E-state index contributed by atoms with van der Waals surface area (Å²) in [5.74, 6) is 1.50. The molecule has 0 unspecified atom stereocenters. The third-order valence-electron chi connectivity index (χ3n) is 19.9. The van der Waals surface area contributed by atoms with Gasteiger partial charge in [-0.2, -0.15) is 21.0 Å². The lowest BCUT2D eigenvalue weighted by atomic mass is 9.93. The van der Waals surface area contributed by atoms with Gasteiger partial charge in [0, 0.05) is 188 Å². The molecule has 0 bridgehead atoms. The van der Waals surface area contributed by atoms with Gasteiger partial charge in [-0.05, 0) is 146 Å². The number of aromatic nitrogens is 14. The SMILES string of the molecule is C=C1C=Cc2cc(-c3cc(Cl)c4nccn4c3)c(-c3cccc(C#N)c3)nc2N1.C=C1C=Cc2cc(-c3ccc4nccn4c3)c(-c3cccc(C#N)c3C)nc2N1.Cc1c(C#N)cccc1-c1nc2[nH]ccc(=O)c2cc1-c1ccc2nccn2c1.N#Cc1cccc(-c2nc3[nH]ccc(=O)c3cc2-c2cc(Cl)c3nccn3c2)c1. The zero-order chi connectivity index (χ0) is 79.8. The molecule has 0 radical (unpaired) electrons. The molecule has 16 heterocycles. The van der Waals surface area contributed by atoms with E-state index in [9.17, 15) is 30.6 Å². The fraction of sp³-hybridized carbons (Fsp3) is 0.0217. The van der Waals surface area contributed by atoms with Crippen LogP contribution in [0.5, 0.6) is 0 Å². The van der Waals surface area contributed by atoms with Crippen molar-refractivity contribution in [2.24, 2.45) is 0 Å². The number of hydrogen-bond acceptors (Lipinski definition) is 16. The highest BCUT2D eigenvalue weighted by atomic mass is 35.5. The first-order valence-electron chi connectivity index (χ1n) is 36.1. The van der Waals surface area contributed by atoms with E-state index in [-0.39, 0.29) is 10.9 Å². The Bertz CT molecular complexity index is 7490. The van der Waals surface area contributed by atoms with Gasteiger partial charge in [-0.15, -0.1) is 0 Å². The Morgan fingerprint density at radius 1 is 0.388 bits per heavy atom. The van der Waals surface area contributed by atoms with Gasteiger partial charge >= 0.3 is 0 Å². The molecule has 0 atom stereocenters. The van der Waals surface area contributed by atoms with E-state index in [2.05, 4.69) is 102 Å². The Labute approximate surface area is 670 Å². The number of nitrogens with one attached hydrogen (secondary N) is 4. The van der Waals surface area contributed by atoms with Crippen molar-refractivity contribution < 1.29 is 0 Å². The van der Waals surface area contributed by atoms with Crippen LogP contribution in [-0.4, -0.2) is 67.4 Å². The van der Waals surface area contributed by atoms with Crippen LogP contribution in [0, 0.1) is 59.2 Å². The molecular weight excluding hydrogens is 1490 g/mol. The van der Waals surface area contributed by atoms with E-state index in [1.807, 2.05) is 202 Å². The van der Waals surface area contributed by atoms with Gasteiger partial charge in [0.25, 0.3) is 0 Å². The molecule has 14 aromatic heterocycles. The number of nitriles is 4. The van der Waals surface area contributed by atoms with Crippen molar-refractivity contribution in [2.45, 2.75) is 13.8 Å². The van der Waals surface area contributed by atoms with Crippen LogP contribution in [0.1, 0.15) is 44.5 Å². The fourth-order valence-corrected chi connectivity index (χ4v) is 14.7. The number of anilines is 2. The van der Waals surface area contributed by atoms with Crippen molar-refractivity contribution >= 4 is 91.6 Å². The Hall–Kier alpha value is -16.2. The zero-order valence-corrected chi connectivity index (χ0v) is 63.1. The van der Waals surface area contributed by atoms with Crippen LogP contribution in [0.3, 0.4) is 0 Å². The lowest BCUT2D eigenvalue weighted by molar-refractivity contribution is 1.18. The molecule has 552 valence electrons. The summed E-state index contributed by atoms with van der Waals surface area (Å²) in [5, 5.41) is 46.1. The molecule has 0 saturated heterocycles. The van der Waals surface area contributed by atoms with Crippen LogP contribution in [0.25, 0.3) is 146 Å². The number of hydrogen-bond donors (Lipinski definition) is 4. The maximum atomic E-state index is 12.4. The van der Waals surface area contributed by atoms with Gasteiger partial charge in [-0.1, -0.05) is 84.9 Å². The van der Waals surface area contributed by atoms with E-state index in [1.165, 1.54) is 12.1 Å². The quantitative estimate of drug-likeness (QED) is 0.110. The van der Waals surface area contributed by atoms with E-state index in [4.69, 9.17) is 43.1 Å². The third kappa shape index (κ3) is 14.0. The molecular formula is C92H58Cl2N20O2. The molecule has 0 fully saturated rings. The summed E-state index contributed by atoms with van der Waals surface area (Å²) in [6, 6.07) is 57.3. The number of benzene rings is 4. The first-order valence-corrected chi connectivity index (χ1v) is 36.9. The van der Waals surface area contributed by atoms with Gasteiger partial charge in [0.1, 0.15) is 34.2 Å². The molecule has 0 spiro atoms. The van der Waals surface area contributed by atoms with E-state index in [0.29, 0.717) is 77.0 Å². The second kappa shape index (κ2) is 30.6. The summed E-state index contributed by atoms with van der Waals surface area (Å²) >= 11 is 12.9. The molecule has 0 aliphatic carbocycles. The highest BCUT2D eigenvalue weighted by molar-refractivity contribution is 6.34. The van der Waals surface area contributed by atoms with Crippen molar-refractivity contribution in [3.8, 4) is 114 Å². The first-order chi connectivity index (χ1) is 56.5. The zero-order valence-electron chi connectivity index (χ0n) is 61.5. The average Bonchev–Trinajstić information content (AvgIpc) is 1.05. The van der Waals surface area contributed by atoms with Gasteiger partial charge in [-0.3, -0.25) is 9.59 Å². The number of fused-ring (bicyclic) bond motifs is 8. The number of aromatic amines is 2. The minimum Gasteiger partial charge on any atom is -0.346 e. The Kier molecular flexibility index (Phi) is 19.1. The number of imidazole rings is 4. The van der Waals surface area contributed by atoms with E-state index in [1.54, 1.807) is 61.4 Å². The number of nitrogens with zero attached hydrogens (tertiary/aromatic N) is 16. The smallest absolute Gasteiger partial charge is 0.191 e. The molecule has 18 aromatic rings. The minimum absolute atomic E-state index is 0.0924. The van der Waals surface area contributed by atoms with E-state index < -0.39 is 0 Å². The summed E-state index contributed by atoms with van der Waals surface area (Å²) in [5.41, 5.74) is 25.0. The van der Waals surface area contributed by atoms with Crippen LogP contribution in [-0.2, 0) is 0 Å². The van der Waals surface area contributed by atoms with E-state index >= 15 is 0 Å². The summed E-state index contributed by atoms with van der Waals surface area (Å²) < 4.78 is 7.64. The maximum absolute atomic E-state index is 12.4. The molecule has 2 aliphatic heterocycles. The monoisotopic (exact) mass is 1540 g/mol. The van der Waals surface area contributed by atoms with Crippen molar-refractivity contribution in [2.75, 3.05) is 10.6 Å². The molecule has 116 heavy (non-hydrogen) atoms. The topological polar surface area (TPSA) is 306 Å². The van der Waals surface area contributed by atoms with Crippen LogP contribution < -0.4 is 21.5 Å². The minimum atomic E-state index is -0.125. The molecule has 22 nitrogen and oxygen atoms in total. The summed E-state index contributed by atoms with van der Waals surface area (Å²) in [7, 11) is 0. The third-order valence-corrected chi connectivity index (χ3v) is 20.5. The normalized spacial score (nSPS) is 11.8. The number of rotatable bonds is 8. The second-order valence-electron chi connectivity index (χ2n) is 27.1. The number of pyridine rings is 10.